The molecule has 1 fully saturated rings. The quantitative estimate of drug-likeness (QED) is 0.133. The zero-order chi connectivity index (χ0) is 38.2. The lowest BCUT2D eigenvalue weighted by molar-refractivity contribution is -0.0315. The van der Waals surface area contributed by atoms with Gasteiger partial charge in [-0.2, -0.15) is 0 Å². The summed E-state index contributed by atoms with van der Waals surface area (Å²) in [5, 5.41) is 13.6. The second kappa shape index (κ2) is 17.7. The number of aliphatic hydroxyl groups excluding tert-OH is 1. The largest absolute Gasteiger partial charge is 0.444 e. The van der Waals surface area contributed by atoms with E-state index in [9.17, 15) is 14.7 Å². The summed E-state index contributed by atoms with van der Waals surface area (Å²) in [6, 6.07) is 18.0. The molecule has 0 spiro atoms. The van der Waals surface area contributed by atoms with Gasteiger partial charge in [-0.25, -0.2) is 9.59 Å². The maximum absolute atomic E-state index is 13.5. The van der Waals surface area contributed by atoms with E-state index in [1.54, 1.807) is 6.92 Å². The van der Waals surface area contributed by atoms with Crippen LogP contribution in [0.1, 0.15) is 79.4 Å². The lowest BCUT2D eigenvalue weighted by atomic mass is 9.83. The van der Waals surface area contributed by atoms with E-state index in [1.165, 1.54) is 0 Å². The highest BCUT2D eigenvalue weighted by molar-refractivity contribution is 6.74. The van der Waals surface area contributed by atoms with Crippen molar-refractivity contribution in [2.75, 3.05) is 6.61 Å². The molecule has 2 N–H and O–H groups in total. The van der Waals surface area contributed by atoms with Crippen molar-refractivity contribution < 1.29 is 33.0 Å². The first-order chi connectivity index (χ1) is 23.6. The number of benzene rings is 2. The lowest BCUT2D eigenvalue weighted by Gasteiger charge is -2.53. The Balaban J connectivity index is 2.09. The summed E-state index contributed by atoms with van der Waals surface area (Å²) in [6.45, 7) is 26.4. The van der Waals surface area contributed by atoms with Crippen molar-refractivity contribution in [3.8, 4) is 0 Å². The molecule has 0 aliphatic carbocycles. The van der Waals surface area contributed by atoms with Gasteiger partial charge in [-0.05, 0) is 67.2 Å². The van der Waals surface area contributed by atoms with Crippen molar-refractivity contribution >= 4 is 34.8 Å². The van der Waals surface area contributed by atoms with E-state index in [4.69, 9.17) is 18.3 Å². The van der Waals surface area contributed by atoms with Crippen LogP contribution in [0.3, 0.4) is 0 Å². The smallest absolute Gasteiger partial charge is 0.437 e. The first-order valence-corrected chi connectivity index (χ1v) is 24.0. The summed E-state index contributed by atoms with van der Waals surface area (Å²) in [6.07, 6.45) is -1.56. The number of aliphatic hydroxyl groups is 1. The van der Waals surface area contributed by atoms with Crippen LogP contribution in [0.5, 0.6) is 0 Å². The second-order valence-electron chi connectivity index (χ2n) is 17.0. The minimum Gasteiger partial charge on any atom is -0.444 e. The standard InChI is InChI=1S/C39H63N3O7Si2/c1-28(43)23-32-24-34(49-51(11,12)39(6,7)8)29(2)33(27-48-50(9,10)38(3,4)5)42(32)35(40-36(44)46-25-30-19-15-13-16-20-30)41-37(45)47-26-31-21-17-14-18-22-31/h13-22,28-29,32-34,43H,23-27H2,1-12H3,(H,40,41,44,45)/t28?,29-,32+,33-,34+/m1/s1. The Morgan fingerprint density at radius 2 is 1.39 bits per heavy atom. The predicted molar refractivity (Wildman–Crippen MR) is 209 cm³/mol. The Kier molecular flexibility index (Phi) is 14.7. The topological polar surface area (TPSA) is 119 Å². The van der Waals surface area contributed by atoms with Gasteiger partial charge in [0.05, 0.1) is 24.9 Å². The molecule has 1 unspecified atom stereocenters. The SMILES string of the molecule is CC(O)C[C@H]1C[C@H](O[Si](C)(C)C(C)(C)C)[C@H](C)[C@@H](CO[Si](C)(C)C(C)(C)C)N1/C(=N/C(=O)OCc1ccccc1)NC(=O)OCc1ccccc1. The summed E-state index contributed by atoms with van der Waals surface area (Å²) < 4.78 is 25.2. The van der Waals surface area contributed by atoms with Crippen LogP contribution < -0.4 is 5.32 Å². The van der Waals surface area contributed by atoms with Crippen LogP contribution in [0, 0.1) is 5.92 Å². The average Bonchev–Trinajstić information content (AvgIpc) is 3.02. The molecule has 5 atom stereocenters. The molecule has 0 bridgehead atoms. The van der Waals surface area contributed by atoms with Crippen molar-refractivity contribution in [3.05, 3.63) is 71.8 Å². The van der Waals surface area contributed by atoms with Gasteiger partial charge in [0.1, 0.15) is 13.2 Å². The van der Waals surface area contributed by atoms with Crippen LogP contribution in [0.4, 0.5) is 9.59 Å². The maximum Gasteiger partial charge on any atom is 0.437 e. The minimum atomic E-state index is -2.25. The molecule has 2 amide bonds. The number of aliphatic imine (C=N–C) groups is 1. The number of alkyl carbamates (subject to hydrolysis) is 1. The number of guanidine groups is 1. The molecular formula is C39H63N3O7Si2. The summed E-state index contributed by atoms with van der Waals surface area (Å²) in [4.78, 5) is 33.3. The van der Waals surface area contributed by atoms with E-state index >= 15 is 0 Å². The van der Waals surface area contributed by atoms with Crippen LogP contribution in [-0.4, -0.2) is 75.7 Å². The van der Waals surface area contributed by atoms with Crippen molar-refractivity contribution in [1.82, 2.24) is 10.2 Å². The summed E-state index contributed by atoms with van der Waals surface area (Å²) in [5.41, 5.74) is 1.63. The molecule has 1 aliphatic rings. The molecule has 0 radical (unpaired) electrons. The van der Waals surface area contributed by atoms with E-state index < -0.39 is 34.9 Å². The molecule has 10 nitrogen and oxygen atoms in total. The molecule has 2 aromatic carbocycles. The molecule has 2 aromatic rings. The van der Waals surface area contributed by atoms with Gasteiger partial charge in [0.2, 0.25) is 5.96 Å². The van der Waals surface area contributed by atoms with E-state index in [0.717, 1.165) is 11.1 Å². The van der Waals surface area contributed by atoms with Gasteiger partial charge >= 0.3 is 12.2 Å². The number of carbonyl (C=O) groups is 2. The zero-order valence-electron chi connectivity index (χ0n) is 33.0. The van der Waals surface area contributed by atoms with E-state index in [0.29, 0.717) is 19.4 Å². The van der Waals surface area contributed by atoms with Crippen LogP contribution in [0.15, 0.2) is 65.7 Å². The second-order valence-corrected chi connectivity index (χ2v) is 26.5. The van der Waals surface area contributed by atoms with Gasteiger partial charge in [-0.3, -0.25) is 5.32 Å². The summed E-state index contributed by atoms with van der Waals surface area (Å²) >= 11 is 0. The Hall–Kier alpha value is -3.04. The molecule has 0 aromatic heterocycles. The minimum absolute atomic E-state index is 0.00164. The Morgan fingerprint density at radius 1 is 0.882 bits per heavy atom. The number of carbonyl (C=O) groups excluding carboxylic acids is 2. The third-order valence-corrected chi connectivity index (χ3v) is 19.8. The third-order valence-electron chi connectivity index (χ3n) is 10.8. The van der Waals surface area contributed by atoms with Gasteiger partial charge in [0.15, 0.2) is 16.6 Å². The fraction of sp³-hybridized carbons (Fsp3) is 0.615. The highest BCUT2D eigenvalue weighted by Gasteiger charge is 2.49. The van der Waals surface area contributed by atoms with Crippen molar-refractivity contribution in [3.63, 3.8) is 0 Å². The number of nitrogens with zero attached hydrogens (tertiary/aromatic N) is 2. The van der Waals surface area contributed by atoms with E-state index in [-0.39, 0.29) is 53.4 Å². The molecule has 0 saturated carbocycles. The van der Waals surface area contributed by atoms with Crippen LogP contribution >= 0.6 is 0 Å². The highest BCUT2D eigenvalue weighted by atomic mass is 28.4. The van der Waals surface area contributed by atoms with Crippen LogP contribution in [0.2, 0.25) is 36.3 Å². The van der Waals surface area contributed by atoms with Gasteiger partial charge in [-0.1, -0.05) is 109 Å². The van der Waals surface area contributed by atoms with Crippen molar-refractivity contribution in [2.45, 2.75) is 142 Å². The number of hydrogen-bond donors (Lipinski definition) is 2. The summed E-state index contributed by atoms with van der Waals surface area (Å²) in [5.74, 6) is -0.0972. The third kappa shape index (κ3) is 12.3. The number of rotatable bonds is 11. The number of hydrogen-bond acceptors (Lipinski definition) is 7. The normalized spacial score (nSPS) is 21.2. The summed E-state index contributed by atoms with van der Waals surface area (Å²) in [7, 11) is -4.47. The highest BCUT2D eigenvalue weighted by Crippen LogP contribution is 2.43. The first kappa shape index (κ1) is 42.4. The number of nitrogens with one attached hydrogen (secondary N) is 1. The molecule has 284 valence electrons. The van der Waals surface area contributed by atoms with Gasteiger partial charge in [-0.15, -0.1) is 4.99 Å². The monoisotopic (exact) mass is 741 g/mol. The van der Waals surface area contributed by atoms with Crippen LogP contribution in [-0.2, 0) is 31.5 Å². The average molecular weight is 742 g/mol. The van der Waals surface area contributed by atoms with Crippen molar-refractivity contribution in [1.29, 1.82) is 0 Å². The maximum atomic E-state index is 13.5. The fourth-order valence-electron chi connectivity index (χ4n) is 5.59. The molecule has 3 rings (SSSR count). The van der Waals surface area contributed by atoms with Crippen LogP contribution in [0.25, 0.3) is 0 Å². The lowest BCUT2D eigenvalue weighted by Crippen LogP contribution is -2.65. The number of ether oxygens (including phenoxy) is 2. The number of amides is 2. The molecule has 1 heterocycles. The van der Waals surface area contributed by atoms with E-state index in [1.807, 2.05) is 65.6 Å². The first-order valence-electron chi connectivity index (χ1n) is 18.2. The molecule has 12 heteroatoms. The van der Waals surface area contributed by atoms with Gasteiger partial charge in [0, 0.05) is 12.0 Å². The van der Waals surface area contributed by atoms with Crippen molar-refractivity contribution in [2.24, 2.45) is 10.9 Å². The van der Waals surface area contributed by atoms with E-state index in [2.05, 4.69) is 85.0 Å². The number of piperidine rings is 1. The Bertz CT molecular complexity index is 1440. The zero-order valence-corrected chi connectivity index (χ0v) is 35.0. The Morgan fingerprint density at radius 3 is 1.88 bits per heavy atom. The molecular weight excluding hydrogens is 679 g/mol. The predicted octanol–water partition coefficient (Wildman–Crippen LogP) is 8.87. The fourth-order valence-corrected chi connectivity index (χ4v) is 8.04. The van der Waals surface area contributed by atoms with Gasteiger partial charge in [0.25, 0.3) is 0 Å². The molecule has 51 heavy (non-hydrogen) atoms. The molecule has 1 aliphatic heterocycles. The van der Waals surface area contributed by atoms with Gasteiger partial charge < -0.3 is 28.3 Å². The molecule has 1 saturated heterocycles. The number of likely N-dealkylation sites (tertiary alicyclic amines) is 1. The Labute approximate surface area is 308 Å².